The second kappa shape index (κ2) is 5.13. The largest absolute Gasteiger partial charge is 0.314 e. The van der Waals surface area contributed by atoms with Gasteiger partial charge in [-0.1, -0.05) is 28.9 Å². The van der Waals surface area contributed by atoms with E-state index in [4.69, 9.17) is 0 Å². The molecule has 0 spiro atoms. The highest BCUT2D eigenvalue weighted by atomic mass is 79.9. The van der Waals surface area contributed by atoms with Crippen LogP contribution in [0.4, 0.5) is 0 Å². The molecular formula is C13H18BrN. The van der Waals surface area contributed by atoms with Crippen LogP contribution in [0.3, 0.4) is 0 Å². The van der Waals surface area contributed by atoms with E-state index in [0.29, 0.717) is 6.04 Å². The lowest BCUT2D eigenvalue weighted by molar-refractivity contribution is 0.459. The molecule has 1 aromatic rings. The van der Waals surface area contributed by atoms with Crippen LogP contribution in [0.25, 0.3) is 0 Å². The lowest BCUT2D eigenvalue weighted by atomic mass is 9.88. The fourth-order valence-corrected chi connectivity index (χ4v) is 2.66. The first kappa shape index (κ1) is 11.2. The topological polar surface area (TPSA) is 12.0 Å². The van der Waals surface area contributed by atoms with Crippen molar-refractivity contribution in [1.29, 1.82) is 0 Å². The Morgan fingerprint density at radius 1 is 1.40 bits per heavy atom. The van der Waals surface area contributed by atoms with Crippen molar-refractivity contribution in [2.24, 2.45) is 0 Å². The lowest BCUT2D eigenvalue weighted by Crippen LogP contribution is -2.34. The molecule has 0 fully saturated rings. The van der Waals surface area contributed by atoms with Crippen molar-refractivity contribution in [3.05, 3.63) is 33.8 Å². The van der Waals surface area contributed by atoms with Gasteiger partial charge in [-0.25, -0.2) is 0 Å². The summed E-state index contributed by atoms with van der Waals surface area (Å²) in [4.78, 5) is 0. The van der Waals surface area contributed by atoms with Crippen molar-refractivity contribution < 1.29 is 0 Å². The third kappa shape index (κ3) is 2.82. The summed E-state index contributed by atoms with van der Waals surface area (Å²) in [5.41, 5.74) is 3.05. The van der Waals surface area contributed by atoms with Crippen LogP contribution >= 0.6 is 15.9 Å². The molecule has 0 amide bonds. The average Bonchev–Trinajstić information content (AvgIpc) is 2.25. The second-order valence-corrected chi connectivity index (χ2v) is 5.22. The molecule has 2 heteroatoms. The molecule has 1 aromatic carbocycles. The minimum atomic E-state index is 0.687. The third-order valence-electron chi connectivity index (χ3n) is 3.08. The second-order valence-electron chi connectivity index (χ2n) is 4.31. The van der Waals surface area contributed by atoms with Crippen molar-refractivity contribution in [2.45, 2.75) is 38.6 Å². The maximum absolute atomic E-state index is 3.62. The van der Waals surface area contributed by atoms with E-state index in [0.717, 1.165) is 6.54 Å². The third-order valence-corrected chi connectivity index (χ3v) is 3.57. The average molecular weight is 268 g/mol. The van der Waals surface area contributed by atoms with Crippen molar-refractivity contribution in [3.8, 4) is 0 Å². The molecule has 0 aliphatic heterocycles. The quantitative estimate of drug-likeness (QED) is 0.886. The normalized spacial score (nSPS) is 20.0. The van der Waals surface area contributed by atoms with Crippen LogP contribution in [0.15, 0.2) is 22.7 Å². The summed E-state index contributed by atoms with van der Waals surface area (Å²) in [6.07, 6.45) is 4.93. The summed E-state index contributed by atoms with van der Waals surface area (Å²) in [5, 5.41) is 3.62. The molecule has 15 heavy (non-hydrogen) atoms. The van der Waals surface area contributed by atoms with E-state index in [-0.39, 0.29) is 0 Å². The predicted octanol–water partition coefficient (Wildman–Crippen LogP) is 3.31. The van der Waals surface area contributed by atoms with Crippen LogP contribution in [0.2, 0.25) is 0 Å². The SMILES string of the molecule is CCCN[C@H]1CCc2ccc(Br)cc2C1. The van der Waals surface area contributed by atoms with Crippen LogP contribution in [-0.2, 0) is 12.8 Å². The zero-order chi connectivity index (χ0) is 10.7. The molecule has 0 saturated heterocycles. The monoisotopic (exact) mass is 267 g/mol. The Bertz CT molecular complexity index is 335. The van der Waals surface area contributed by atoms with Crippen molar-refractivity contribution in [2.75, 3.05) is 6.54 Å². The first-order chi connectivity index (χ1) is 7.29. The molecule has 0 saturated carbocycles. The number of rotatable bonds is 3. The Balaban J connectivity index is 2.05. The van der Waals surface area contributed by atoms with Gasteiger partial charge in [-0.2, -0.15) is 0 Å². The zero-order valence-electron chi connectivity index (χ0n) is 9.22. The van der Waals surface area contributed by atoms with E-state index in [9.17, 15) is 0 Å². The summed E-state index contributed by atoms with van der Waals surface area (Å²) in [7, 11) is 0. The van der Waals surface area contributed by atoms with Crippen LogP contribution in [0.5, 0.6) is 0 Å². The Morgan fingerprint density at radius 2 is 2.27 bits per heavy atom. The van der Waals surface area contributed by atoms with Crippen molar-refractivity contribution in [1.82, 2.24) is 5.32 Å². The van der Waals surface area contributed by atoms with Crippen molar-refractivity contribution in [3.63, 3.8) is 0 Å². The van der Waals surface area contributed by atoms with E-state index >= 15 is 0 Å². The maximum Gasteiger partial charge on any atom is 0.0178 e. The molecule has 1 aliphatic carbocycles. The van der Waals surface area contributed by atoms with Crippen LogP contribution in [0.1, 0.15) is 30.9 Å². The number of benzene rings is 1. The van der Waals surface area contributed by atoms with Crippen LogP contribution in [-0.4, -0.2) is 12.6 Å². The van der Waals surface area contributed by atoms with Gasteiger partial charge in [0.15, 0.2) is 0 Å². The van der Waals surface area contributed by atoms with Gasteiger partial charge in [0.25, 0.3) is 0 Å². The summed E-state index contributed by atoms with van der Waals surface area (Å²) in [5.74, 6) is 0. The maximum atomic E-state index is 3.62. The van der Waals surface area contributed by atoms with Gasteiger partial charge in [0.1, 0.15) is 0 Å². The van der Waals surface area contributed by atoms with Gasteiger partial charge in [-0.15, -0.1) is 0 Å². The Kier molecular flexibility index (Phi) is 3.81. The fourth-order valence-electron chi connectivity index (χ4n) is 2.25. The molecule has 0 bridgehead atoms. The molecule has 1 aliphatic rings. The highest BCUT2D eigenvalue weighted by molar-refractivity contribution is 9.10. The number of aryl methyl sites for hydroxylation is 1. The lowest BCUT2D eigenvalue weighted by Gasteiger charge is -2.25. The van der Waals surface area contributed by atoms with E-state index in [1.165, 1.54) is 41.3 Å². The smallest absolute Gasteiger partial charge is 0.0178 e. The summed E-state index contributed by atoms with van der Waals surface area (Å²) >= 11 is 3.54. The van der Waals surface area contributed by atoms with Crippen LogP contribution < -0.4 is 5.32 Å². The molecular weight excluding hydrogens is 250 g/mol. The van der Waals surface area contributed by atoms with E-state index in [1.54, 1.807) is 0 Å². The van der Waals surface area contributed by atoms with Gasteiger partial charge in [-0.05, 0) is 55.5 Å². The standard InChI is InChI=1S/C13H18BrN/c1-2-7-15-13-6-4-10-3-5-12(14)8-11(10)9-13/h3,5,8,13,15H,2,4,6-7,9H2,1H3/t13-/m0/s1. The minimum absolute atomic E-state index is 0.687. The van der Waals surface area contributed by atoms with Gasteiger partial charge >= 0.3 is 0 Å². The number of hydrogen-bond donors (Lipinski definition) is 1. The minimum Gasteiger partial charge on any atom is -0.314 e. The van der Waals surface area contributed by atoms with Gasteiger partial charge in [0.05, 0.1) is 0 Å². The summed E-state index contributed by atoms with van der Waals surface area (Å²) in [6, 6.07) is 7.37. The first-order valence-corrected chi connectivity index (χ1v) is 6.59. The van der Waals surface area contributed by atoms with Gasteiger partial charge in [-0.3, -0.25) is 0 Å². The van der Waals surface area contributed by atoms with Gasteiger partial charge < -0.3 is 5.32 Å². The van der Waals surface area contributed by atoms with Crippen molar-refractivity contribution >= 4 is 15.9 Å². The molecule has 0 unspecified atom stereocenters. The van der Waals surface area contributed by atoms with Gasteiger partial charge in [0.2, 0.25) is 0 Å². The fraction of sp³-hybridized carbons (Fsp3) is 0.538. The Hall–Kier alpha value is -0.340. The van der Waals surface area contributed by atoms with E-state index in [1.807, 2.05) is 0 Å². The predicted molar refractivity (Wildman–Crippen MR) is 68.2 cm³/mol. The summed E-state index contributed by atoms with van der Waals surface area (Å²) < 4.78 is 1.21. The zero-order valence-corrected chi connectivity index (χ0v) is 10.8. The highest BCUT2D eigenvalue weighted by Gasteiger charge is 2.17. The Labute approximate surface area is 100 Å². The number of hydrogen-bond acceptors (Lipinski definition) is 1. The number of nitrogens with one attached hydrogen (secondary N) is 1. The molecule has 2 rings (SSSR count). The molecule has 0 aromatic heterocycles. The molecule has 1 nitrogen and oxygen atoms in total. The highest BCUT2D eigenvalue weighted by Crippen LogP contribution is 2.24. The number of halogens is 1. The molecule has 0 radical (unpaired) electrons. The summed E-state index contributed by atoms with van der Waals surface area (Å²) in [6.45, 7) is 3.37. The molecule has 0 heterocycles. The van der Waals surface area contributed by atoms with E-state index in [2.05, 4.69) is 46.4 Å². The molecule has 1 atom stereocenters. The molecule has 82 valence electrons. The number of fused-ring (bicyclic) bond motifs is 1. The molecule has 1 N–H and O–H groups in total. The first-order valence-electron chi connectivity index (χ1n) is 5.80. The Morgan fingerprint density at radius 3 is 3.07 bits per heavy atom. The van der Waals surface area contributed by atoms with E-state index < -0.39 is 0 Å². The van der Waals surface area contributed by atoms with Gasteiger partial charge in [0, 0.05) is 10.5 Å². The van der Waals surface area contributed by atoms with Crippen LogP contribution in [0, 0.1) is 0 Å².